The maximum absolute atomic E-state index is 12.3. The average Bonchev–Trinajstić information content (AvgIpc) is 2.80. The Hall–Kier alpha value is -1.81. The highest BCUT2D eigenvalue weighted by molar-refractivity contribution is 5.98. The first kappa shape index (κ1) is 14.6. The van der Waals surface area contributed by atoms with Crippen LogP contribution >= 0.6 is 0 Å². The van der Waals surface area contributed by atoms with Crippen LogP contribution in [0.3, 0.4) is 0 Å². The Morgan fingerprint density at radius 3 is 2.75 bits per heavy atom. The number of fused-ring (bicyclic) bond motifs is 1. The second-order valence-corrected chi connectivity index (χ2v) is 5.61. The molecule has 0 saturated carbocycles. The number of hydrogen-bond acceptors (Lipinski definition) is 2. The van der Waals surface area contributed by atoms with Crippen molar-refractivity contribution in [3.05, 3.63) is 35.5 Å². The number of H-pyrrole nitrogens is 1. The maximum atomic E-state index is 12.3. The lowest BCUT2D eigenvalue weighted by molar-refractivity contribution is 0.0912. The molecule has 1 atom stereocenters. The molecule has 1 aromatic carbocycles. The minimum absolute atomic E-state index is 0.0133. The molecule has 0 bridgehead atoms. The van der Waals surface area contributed by atoms with Gasteiger partial charge in [0.25, 0.3) is 5.91 Å². The van der Waals surface area contributed by atoms with Gasteiger partial charge in [-0.05, 0) is 37.0 Å². The van der Waals surface area contributed by atoms with Crippen LogP contribution in [0.4, 0.5) is 0 Å². The van der Waals surface area contributed by atoms with Crippen LogP contribution in [0.25, 0.3) is 10.9 Å². The number of aromatic nitrogens is 1. The van der Waals surface area contributed by atoms with E-state index in [2.05, 4.69) is 10.3 Å². The topological polar surface area (TPSA) is 65.1 Å². The van der Waals surface area contributed by atoms with Crippen LogP contribution in [-0.2, 0) is 0 Å². The first-order chi connectivity index (χ1) is 9.51. The molecule has 0 aliphatic carbocycles. The summed E-state index contributed by atoms with van der Waals surface area (Å²) in [5.74, 6) is 0.170. The van der Waals surface area contributed by atoms with Crippen LogP contribution in [0.2, 0.25) is 0 Å². The Labute approximate surface area is 119 Å². The SMILES string of the molecule is Cc1ccc2cc(C(=O)NC(CCO)C(C)C)[nH]c2c1. The van der Waals surface area contributed by atoms with Crippen molar-refractivity contribution in [2.45, 2.75) is 33.2 Å². The molecule has 1 aromatic heterocycles. The molecule has 0 aliphatic heterocycles. The van der Waals surface area contributed by atoms with E-state index in [0.717, 1.165) is 16.5 Å². The molecule has 20 heavy (non-hydrogen) atoms. The maximum Gasteiger partial charge on any atom is 0.267 e. The first-order valence-electron chi connectivity index (χ1n) is 7.02. The van der Waals surface area contributed by atoms with Gasteiger partial charge in [0.15, 0.2) is 0 Å². The molecule has 0 radical (unpaired) electrons. The van der Waals surface area contributed by atoms with E-state index in [1.54, 1.807) is 0 Å². The smallest absolute Gasteiger partial charge is 0.267 e. The number of hydrogen-bond donors (Lipinski definition) is 3. The Kier molecular flexibility index (Phi) is 4.45. The quantitative estimate of drug-likeness (QED) is 0.784. The van der Waals surface area contributed by atoms with Gasteiger partial charge in [0.1, 0.15) is 5.69 Å². The molecule has 1 amide bonds. The Bertz CT molecular complexity index is 602. The van der Waals surface area contributed by atoms with Gasteiger partial charge in [-0.15, -0.1) is 0 Å². The number of carbonyl (C=O) groups excluding carboxylic acids is 1. The largest absolute Gasteiger partial charge is 0.396 e. The van der Waals surface area contributed by atoms with Crippen molar-refractivity contribution in [1.82, 2.24) is 10.3 Å². The molecule has 3 N–H and O–H groups in total. The highest BCUT2D eigenvalue weighted by Crippen LogP contribution is 2.17. The van der Waals surface area contributed by atoms with E-state index < -0.39 is 0 Å². The Balaban J connectivity index is 2.18. The predicted octanol–water partition coefficient (Wildman–Crippen LogP) is 2.61. The van der Waals surface area contributed by atoms with E-state index in [-0.39, 0.29) is 24.5 Å². The third-order valence-electron chi connectivity index (χ3n) is 3.58. The fourth-order valence-corrected chi connectivity index (χ4v) is 2.32. The average molecular weight is 274 g/mol. The van der Waals surface area contributed by atoms with Crippen LogP contribution in [-0.4, -0.2) is 28.6 Å². The van der Waals surface area contributed by atoms with Crippen LogP contribution < -0.4 is 5.32 Å². The summed E-state index contributed by atoms with van der Waals surface area (Å²) < 4.78 is 0. The summed E-state index contributed by atoms with van der Waals surface area (Å²) in [6, 6.07) is 7.91. The summed E-state index contributed by atoms with van der Waals surface area (Å²) in [6.45, 7) is 6.18. The van der Waals surface area contributed by atoms with Gasteiger partial charge in [0, 0.05) is 23.6 Å². The van der Waals surface area contributed by atoms with Gasteiger partial charge in [-0.2, -0.15) is 0 Å². The number of rotatable bonds is 5. The Morgan fingerprint density at radius 1 is 1.35 bits per heavy atom. The van der Waals surface area contributed by atoms with Crippen LogP contribution in [0.15, 0.2) is 24.3 Å². The number of benzene rings is 1. The van der Waals surface area contributed by atoms with E-state index in [1.807, 2.05) is 45.0 Å². The summed E-state index contributed by atoms with van der Waals surface area (Å²) in [5, 5.41) is 13.1. The van der Waals surface area contributed by atoms with E-state index >= 15 is 0 Å². The highest BCUT2D eigenvalue weighted by atomic mass is 16.3. The van der Waals surface area contributed by atoms with Gasteiger partial charge in [-0.25, -0.2) is 0 Å². The normalized spacial score (nSPS) is 12.8. The van der Waals surface area contributed by atoms with Gasteiger partial charge in [0.2, 0.25) is 0 Å². The molecule has 2 aromatic rings. The van der Waals surface area contributed by atoms with E-state index in [1.165, 1.54) is 0 Å². The lowest BCUT2D eigenvalue weighted by Gasteiger charge is -2.21. The fraction of sp³-hybridized carbons (Fsp3) is 0.438. The van der Waals surface area contributed by atoms with Gasteiger partial charge in [-0.3, -0.25) is 4.79 Å². The minimum Gasteiger partial charge on any atom is -0.396 e. The minimum atomic E-state index is -0.119. The number of nitrogens with one attached hydrogen (secondary N) is 2. The zero-order chi connectivity index (χ0) is 14.7. The van der Waals surface area contributed by atoms with E-state index in [4.69, 9.17) is 5.11 Å². The van der Waals surface area contributed by atoms with Gasteiger partial charge < -0.3 is 15.4 Å². The van der Waals surface area contributed by atoms with Crippen molar-refractivity contribution in [3.8, 4) is 0 Å². The lowest BCUT2D eigenvalue weighted by atomic mass is 10.0. The summed E-state index contributed by atoms with van der Waals surface area (Å²) in [4.78, 5) is 15.4. The molecule has 1 heterocycles. The monoisotopic (exact) mass is 274 g/mol. The van der Waals surface area contributed by atoms with Crippen molar-refractivity contribution in [2.24, 2.45) is 5.92 Å². The molecular weight excluding hydrogens is 252 g/mol. The molecule has 2 rings (SSSR count). The van der Waals surface area contributed by atoms with Crippen molar-refractivity contribution in [3.63, 3.8) is 0 Å². The van der Waals surface area contributed by atoms with Gasteiger partial charge in [0.05, 0.1) is 0 Å². The summed E-state index contributed by atoms with van der Waals surface area (Å²) in [7, 11) is 0. The van der Waals surface area contributed by atoms with E-state index in [0.29, 0.717) is 12.1 Å². The number of aliphatic hydroxyl groups excluding tert-OH is 1. The lowest BCUT2D eigenvalue weighted by Crippen LogP contribution is -2.39. The highest BCUT2D eigenvalue weighted by Gasteiger charge is 2.17. The summed E-state index contributed by atoms with van der Waals surface area (Å²) in [6.07, 6.45) is 0.572. The number of aliphatic hydroxyl groups is 1. The van der Waals surface area contributed by atoms with Gasteiger partial charge in [-0.1, -0.05) is 26.0 Å². The molecule has 108 valence electrons. The molecule has 4 nitrogen and oxygen atoms in total. The zero-order valence-electron chi connectivity index (χ0n) is 12.2. The third kappa shape index (κ3) is 3.20. The van der Waals surface area contributed by atoms with Crippen LogP contribution in [0.1, 0.15) is 36.3 Å². The van der Waals surface area contributed by atoms with Crippen molar-refractivity contribution in [2.75, 3.05) is 6.61 Å². The van der Waals surface area contributed by atoms with Crippen LogP contribution in [0, 0.1) is 12.8 Å². The number of aromatic amines is 1. The molecular formula is C16H22N2O2. The number of aryl methyl sites for hydroxylation is 1. The third-order valence-corrected chi connectivity index (χ3v) is 3.58. The molecule has 0 aliphatic rings. The summed E-state index contributed by atoms with van der Waals surface area (Å²) in [5.41, 5.74) is 2.69. The number of carbonyl (C=O) groups is 1. The molecule has 0 saturated heterocycles. The second-order valence-electron chi connectivity index (χ2n) is 5.61. The zero-order valence-corrected chi connectivity index (χ0v) is 12.2. The Morgan fingerprint density at radius 2 is 2.10 bits per heavy atom. The van der Waals surface area contributed by atoms with E-state index in [9.17, 15) is 4.79 Å². The molecule has 4 heteroatoms. The summed E-state index contributed by atoms with van der Waals surface area (Å²) >= 11 is 0. The first-order valence-corrected chi connectivity index (χ1v) is 7.02. The van der Waals surface area contributed by atoms with Crippen molar-refractivity contribution < 1.29 is 9.90 Å². The molecule has 0 spiro atoms. The predicted molar refractivity (Wildman–Crippen MR) is 80.8 cm³/mol. The number of amides is 1. The standard InChI is InChI=1S/C16H22N2O2/c1-10(2)13(6-7-19)18-16(20)15-9-12-5-4-11(3)8-14(12)17-15/h4-5,8-10,13,17,19H,6-7H2,1-3H3,(H,18,20). The molecule has 0 fully saturated rings. The van der Waals surface area contributed by atoms with Crippen molar-refractivity contribution >= 4 is 16.8 Å². The van der Waals surface area contributed by atoms with Gasteiger partial charge >= 0.3 is 0 Å². The fourth-order valence-electron chi connectivity index (χ4n) is 2.32. The van der Waals surface area contributed by atoms with Crippen molar-refractivity contribution in [1.29, 1.82) is 0 Å². The molecule has 1 unspecified atom stereocenters. The second kappa shape index (κ2) is 6.09. The van der Waals surface area contributed by atoms with Crippen LogP contribution in [0.5, 0.6) is 0 Å².